The third-order valence-corrected chi connectivity index (χ3v) is 2.88. The molecule has 1 heterocycles. The molecular weight excluding hydrogens is 194 g/mol. The molecule has 1 aliphatic heterocycles. The van der Waals surface area contributed by atoms with Crippen molar-refractivity contribution in [1.29, 1.82) is 0 Å². The zero-order valence-electron chi connectivity index (χ0n) is 9.80. The summed E-state index contributed by atoms with van der Waals surface area (Å²) >= 11 is 0. The third kappa shape index (κ3) is 3.35. The predicted molar refractivity (Wildman–Crippen MR) is 60.2 cm³/mol. The molecule has 2 N–H and O–H groups in total. The van der Waals surface area contributed by atoms with E-state index in [1.807, 2.05) is 7.05 Å². The smallest absolute Gasteiger partial charge is 0.190 e. The Kier molecular flexibility index (Phi) is 4.84. The molecule has 0 saturated carbocycles. The fourth-order valence-corrected chi connectivity index (χ4v) is 1.72. The molecule has 0 amide bonds. The largest absolute Gasteiger partial charge is 0.381 e. The topological polar surface area (TPSA) is 54.9 Å². The van der Waals surface area contributed by atoms with Gasteiger partial charge in [0.1, 0.15) is 0 Å². The van der Waals surface area contributed by atoms with Crippen LogP contribution in [0.5, 0.6) is 0 Å². The molecule has 0 spiro atoms. The monoisotopic (exact) mass is 215 g/mol. The molecule has 0 atom stereocenters. The van der Waals surface area contributed by atoms with E-state index < -0.39 is 0 Å². The Morgan fingerprint density at radius 1 is 1.47 bits per heavy atom. The minimum absolute atomic E-state index is 0.106. The van der Waals surface area contributed by atoms with Crippen LogP contribution in [0.1, 0.15) is 12.8 Å². The van der Waals surface area contributed by atoms with E-state index in [2.05, 4.69) is 15.6 Å². The number of rotatable bonds is 3. The Balaban J connectivity index is 2.45. The van der Waals surface area contributed by atoms with Crippen LogP contribution in [0.15, 0.2) is 4.99 Å². The Morgan fingerprint density at radius 2 is 2.13 bits per heavy atom. The average Bonchev–Trinajstić information content (AvgIpc) is 2.31. The van der Waals surface area contributed by atoms with Gasteiger partial charge in [-0.05, 0) is 0 Å². The summed E-state index contributed by atoms with van der Waals surface area (Å²) in [5, 5.41) is 6.22. The van der Waals surface area contributed by atoms with Gasteiger partial charge in [-0.25, -0.2) is 0 Å². The molecular formula is C10H21N3O2. The second-order valence-electron chi connectivity index (χ2n) is 3.68. The highest BCUT2D eigenvalue weighted by molar-refractivity contribution is 5.79. The van der Waals surface area contributed by atoms with Crippen LogP contribution in [0.25, 0.3) is 0 Å². The van der Waals surface area contributed by atoms with E-state index >= 15 is 0 Å². The molecule has 1 aliphatic rings. The van der Waals surface area contributed by atoms with Gasteiger partial charge in [0.2, 0.25) is 0 Å². The van der Waals surface area contributed by atoms with Crippen molar-refractivity contribution in [2.75, 3.05) is 41.0 Å². The lowest BCUT2D eigenvalue weighted by Crippen LogP contribution is -2.50. The maximum absolute atomic E-state index is 5.59. The van der Waals surface area contributed by atoms with Crippen molar-refractivity contribution < 1.29 is 9.47 Å². The minimum Gasteiger partial charge on any atom is -0.381 e. The van der Waals surface area contributed by atoms with Gasteiger partial charge in [0.05, 0.1) is 5.60 Å². The van der Waals surface area contributed by atoms with Crippen LogP contribution in [-0.2, 0) is 9.47 Å². The van der Waals surface area contributed by atoms with E-state index in [-0.39, 0.29) is 5.60 Å². The fraction of sp³-hybridized carbons (Fsp3) is 0.900. The van der Waals surface area contributed by atoms with Gasteiger partial charge >= 0.3 is 0 Å². The van der Waals surface area contributed by atoms with E-state index in [4.69, 9.17) is 9.47 Å². The van der Waals surface area contributed by atoms with Crippen LogP contribution in [0.4, 0.5) is 0 Å². The van der Waals surface area contributed by atoms with E-state index in [1.54, 1.807) is 14.2 Å². The zero-order chi connectivity index (χ0) is 11.1. The van der Waals surface area contributed by atoms with Gasteiger partial charge in [-0.3, -0.25) is 4.99 Å². The Labute approximate surface area is 91.2 Å². The zero-order valence-corrected chi connectivity index (χ0v) is 9.80. The van der Waals surface area contributed by atoms with Crippen LogP contribution in [-0.4, -0.2) is 52.5 Å². The van der Waals surface area contributed by atoms with Gasteiger partial charge in [-0.15, -0.1) is 0 Å². The number of hydrogen-bond acceptors (Lipinski definition) is 3. The number of hydrogen-bond donors (Lipinski definition) is 2. The summed E-state index contributed by atoms with van der Waals surface area (Å²) in [5.41, 5.74) is -0.106. The molecule has 5 nitrogen and oxygen atoms in total. The van der Waals surface area contributed by atoms with Gasteiger partial charge < -0.3 is 20.1 Å². The van der Waals surface area contributed by atoms with Crippen molar-refractivity contribution in [3.05, 3.63) is 0 Å². The van der Waals surface area contributed by atoms with Crippen molar-refractivity contribution in [3.63, 3.8) is 0 Å². The molecule has 0 radical (unpaired) electrons. The van der Waals surface area contributed by atoms with E-state index in [1.165, 1.54) is 0 Å². The van der Waals surface area contributed by atoms with Crippen molar-refractivity contribution >= 4 is 5.96 Å². The van der Waals surface area contributed by atoms with E-state index in [0.29, 0.717) is 0 Å². The molecule has 0 aromatic carbocycles. The molecule has 1 saturated heterocycles. The summed E-state index contributed by atoms with van der Waals surface area (Å²) in [4.78, 5) is 4.06. The van der Waals surface area contributed by atoms with Crippen LogP contribution in [0.2, 0.25) is 0 Å². The lowest BCUT2D eigenvalue weighted by atomic mass is 9.94. The van der Waals surface area contributed by atoms with Crippen molar-refractivity contribution in [2.45, 2.75) is 18.4 Å². The highest BCUT2D eigenvalue weighted by Gasteiger charge is 2.32. The highest BCUT2D eigenvalue weighted by Crippen LogP contribution is 2.23. The Bertz CT molecular complexity index is 213. The summed E-state index contributed by atoms with van der Waals surface area (Å²) in [5.74, 6) is 0.790. The molecule has 88 valence electrons. The normalized spacial score (nSPS) is 21.1. The summed E-state index contributed by atoms with van der Waals surface area (Å²) < 4.78 is 10.9. The summed E-state index contributed by atoms with van der Waals surface area (Å²) in [6.07, 6.45) is 1.86. The summed E-state index contributed by atoms with van der Waals surface area (Å²) in [6, 6.07) is 0. The number of nitrogens with one attached hydrogen (secondary N) is 2. The van der Waals surface area contributed by atoms with Crippen LogP contribution in [0, 0.1) is 0 Å². The maximum atomic E-state index is 5.59. The van der Waals surface area contributed by atoms with Crippen molar-refractivity contribution in [1.82, 2.24) is 10.6 Å². The number of nitrogens with zero attached hydrogens (tertiary/aromatic N) is 1. The first-order chi connectivity index (χ1) is 7.26. The van der Waals surface area contributed by atoms with Crippen molar-refractivity contribution in [2.24, 2.45) is 4.99 Å². The second kappa shape index (κ2) is 5.92. The molecule has 1 fully saturated rings. The van der Waals surface area contributed by atoms with Gasteiger partial charge in [0, 0.05) is 53.8 Å². The number of guanidine groups is 1. The molecule has 5 heteroatoms. The van der Waals surface area contributed by atoms with Gasteiger partial charge in [0.15, 0.2) is 5.96 Å². The molecule has 0 aromatic rings. The number of aliphatic imine (C=N–C) groups is 1. The van der Waals surface area contributed by atoms with Crippen molar-refractivity contribution in [3.8, 4) is 0 Å². The lowest BCUT2D eigenvalue weighted by Gasteiger charge is -2.36. The predicted octanol–water partition coefficient (Wildman–Crippen LogP) is -0.0232. The first-order valence-corrected chi connectivity index (χ1v) is 5.27. The number of ether oxygens (including phenoxy) is 2. The van der Waals surface area contributed by atoms with Crippen LogP contribution in [0.3, 0.4) is 0 Å². The van der Waals surface area contributed by atoms with Crippen LogP contribution < -0.4 is 10.6 Å². The van der Waals surface area contributed by atoms with Gasteiger partial charge in [0.25, 0.3) is 0 Å². The SMILES string of the molecule is CN=C(NC)NCC1(OC)CCOCC1. The summed E-state index contributed by atoms with van der Waals surface area (Å²) in [7, 11) is 5.36. The lowest BCUT2D eigenvalue weighted by molar-refractivity contribution is -0.0855. The number of methoxy groups -OCH3 is 1. The molecule has 0 bridgehead atoms. The van der Waals surface area contributed by atoms with E-state index in [9.17, 15) is 0 Å². The average molecular weight is 215 g/mol. The molecule has 0 aromatic heterocycles. The molecule has 0 aliphatic carbocycles. The second-order valence-corrected chi connectivity index (χ2v) is 3.68. The third-order valence-electron chi connectivity index (χ3n) is 2.88. The molecule has 1 rings (SSSR count). The highest BCUT2D eigenvalue weighted by atomic mass is 16.5. The molecule has 0 unspecified atom stereocenters. The standard InChI is InChI=1S/C10H21N3O2/c1-11-9(12-2)13-8-10(14-3)4-6-15-7-5-10/h4-8H2,1-3H3,(H2,11,12,13). The maximum Gasteiger partial charge on any atom is 0.190 e. The Morgan fingerprint density at radius 3 is 2.60 bits per heavy atom. The first kappa shape index (κ1) is 12.3. The minimum atomic E-state index is -0.106. The molecule has 15 heavy (non-hydrogen) atoms. The van der Waals surface area contributed by atoms with Crippen LogP contribution >= 0.6 is 0 Å². The quantitative estimate of drug-likeness (QED) is 0.513. The van der Waals surface area contributed by atoms with E-state index in [0.717, 1.165) is 38.6 Å². The Hall–Kier alpha value is -0.810. The first-order valence-electron chi connectivity index (χ1n) is 5.27. The van der Waals surface area contributed by atoms with Gasteiger partial charge in [-0.1, -0.05) is 0 Å². The fourth-order valence-electron chi connectivity index (χ4n) is 1.72. The van der Waals surface area contributed by atoms with Gasteiger partial charge in [-0.2, -0.15) is 0 Å². The summed E-state index contributed by atoms with van der Waals surface area (Å²) in [6.45, 7) is 2.31.